The van der Waals surface area contributed by atoms with Crippen molar-refractivity contribution in [2.45, 2.75) is 31.2 Å². The Hall–Kier alpha value is -0.650. The molecule has 1 heterocycles. The molecular weight excluding hydrogens is 212 g/mol. The summed E-state index contributed by atoms with van der Waals surface area (Å²) in [6.45, 7) is 2.25. The van der Waals surface area contributed by atoms with E-state index >= 15 is 0 Å². The highest BCUT2D eigenvalue weighted by Gasteiger charge is 2.61. The summed E-state index contributed by atoms with van der Waals surface area (Å²) in [6.07, 6.45) is 0.811. The van der Waals surface area contributed by atoms with Gasteiger partial charge in [0.2, 0.25) is 0 Å². The van der Waals surface area contributed by atoms with Crippen molar-refractivity contribution in [3.05, 3.63) is 0 Å². The largest absolute Gasteiger partial charge is 0.463 e. The number of esters is 1. The fourth-order valence-corrected chi connectivity index (χ4v) is 2.85. The van der Waals surface area contributed by atoms with Crippen LogP contribution in [-0.4, -0.2) is 51.2 Å². The zero-order chi connectivity index (χ0) is 11.8. The maximum absolute atomic E-state index is 10.9. The first kappa shape index (κ1) is 11.8. The van der Waals surface area contributed by atoms with E-state index in [4.69, 9.17) is 18.9 Å². The summed E-state index contributed by atoms with van der Waals surface area (Å²) >= 11 is 0. The summed E-state index contributed by atoms with van der Waals surface area (Å²) in [6, 6.07) is 0. The van der Waals surface area contributed by atoms with E-state index in [2.05, 4.69) is 0 Å². The first-order valence-corrected chi connectivity index (χ1v) is 5.46. The van der Waals surface area contributed by atoms with Gasteiger partial charge < -0.3 is 18.9 Å². The Morgan fingerprint density at radius 1 is 1.44 bits per heavy atom. The van der Waals surface area contributed by atoms with Gasteiger partial charge in [-0.3, -0.25) is 4.79 Å². The number of carbonyl (C=O) groups is 1. The third-order valence-corrected chi connectivity index (χ3v) is 3.57. The van der Waals surface area contributed by atoms with Crippen LogP contribution in [0.2, 0.25) is 0 Å². The monoisotopic (exact) mass is 230 g/mol. The van der Waals surface area contributed by atoms with Crippen LogP contribution >= 0.6 is 0 Å². The van der Waals surface area contributed by atoms with Crippen LogP contribution in [0.4, 0.5) is 0 Å². The lowest BCUT2D eigenvalue weighted by Gasteiger charge is -2.30. The molecule has 4 atom stereocenters. The summed E-state index contributed by atoms with van der Waals surface area (Å²) in [5, 5.41) is 0. The smallest absolute Gasteiger partial charge is 0.302 e. The van der Waals surface area contributed by atoms with Crippen molar-refractivity contribution in [2.75, 3.05) is 27.4 Å². The number of ether oxygens (including phenoxy) is 4. The Balaban J connectivity index is 2.09. The lowest BCUT2D eigenvalue weighted by molar-refractivity contribution is -0.159. The van der Waals surface area contributed by atoms with Crippen LogP contribution in [0.25, 0.3) is 0 Å². The zero-order valence-electron chi connectivity index (χ0n) is 9.89. The van der Waals surface area contributed by atoms with Crippen LogP contribution in [0.5, 0.6) is 0 Å². The second-order valence-corrected chi connectivity index (χ2v) is 4.45. The van der Waals surface area contributed by atoms with E-state index in [0.29, 0.717) is 6.61 Å². The van der Waals surface area contributed by atoms with Gasteiger partial charge in [-0.2, -0.15) is 0 Å². The molecule has 2 bridgehead atoms. The molecule has 0 aromatic carbocycles. The number of hydrogen-bond acceptors (Lipinski definition) is 5. The van der Waals surface area contributed by atoms with Crippen LogP contribution in [0.3, 0.4) is 0 Å². The molecule has 0 aromatic rings. The van der Waals surface area contributed by atoms with Crippen molar-refractivity contribution in [1.82, 2.24) is 0 Å². The van der Waals surface area contributed by atoms with Crippen LogP contribution in [0, 0.1) is 5.92 Å². The van der Waals surface area contributed by atoms with E-state index in [0.717, 1.165) is 6.42 Å². The molecule has 92 valence electrons. The molecule has 1 saturated heterocycles. The maximum Gasteiger partial charge on any atom is 0.302 e. The van der Waals surface area contributed by atoms with E-state index in [-0.39, 0.29) is 30.7 Å². The van der Waals surface area contributed by atoms with Crippen molar-refractivity contribution >= 4 is 5.97 Å². The fraction of sp³-hybridized carbons (Fsp3) is 0.909. The number of carbonyl (C=O) groups excluding carboxylic acids is 1. The highest BCUT2D eigenvalue weighted by molar-refractivity contribution is 5.66. The number of fused-ring (bicyclic) bond motifs is 2. The summed E-state index contributed by atoms with van der Waals surface area (Å²) in [5.74, 6) is -0.0531. The molecule has 0 amide bonds. The highest BCUT2D eigenvalue weighted by Crippen LogP contribution is 2.47. The Bertz CT molecular complexity index is 280. The van der Waals surface area contributed by atoms with Gasteiger partial charge in [-0.25, -0.2) is 0 Å². The Labute approximate surface area is 95.0 Å². The van der Waals surface area contributed by atoms with Gasteiger partial charge in [-0.05, 0) is 0 Å². The molecule has 0 radical (unpaired) electrons. The predicted molar refractivity (Wildman–Crippen MR) is 55.0 cm³/mol. The lowest BCUT2D eigenvalue weighted by Crippen LogP contribution is -2.43. The standard InChI is InChI=1S/C11H18O5/c1-7(12)15-6-11-4-9(13-2)8(5-16-11)10(11)14-3/h8-10H,4-6H2,1-3H3/t8-,9+,10+,11-/m1/s1. The lowest BCUT2D eigenvalue weighted by atomic mass is 10.0. The van der Waals surface area contributed by atoms with Crippen LogP contribution < -0.4 is 0 Å². The minimum absolute atomic E-state index is 0.0446. The van der Waals surface area contributed by atoms with Crippen molar-refractivity contribution in [3.8, 4) is 0 Å². The van der Waals surface area contributed by atoms with E-state index < -0.39 is 5.60 Å². The van der Waals surface area contributed by atoms with Crippen molar-refractivity contribution in [3.63, 3.8) is 0 Å². The topological polar surface area (TPSA) is 54.0 Å². The summed E-state index contributed by atoms with van der Waals surface area (Å²) in [4.78, 5) is 10.9. The number of rotatable bonds is 4. The molecule has 0 unspecified atom stereocenters. The van der Waals surface area contributed by atoms with Gasteiger partial charge in [0.1, 0.15) is 12.2 Å². The third kappa shape index (κ3) is 1.73. The van der Waals surface area contributed by atoms with E-state index in [9.17, 15) is 4.79 Å². The highest BCUT2D eigenvalue weighted by atomic mass is 16.6. The number of methoxy groups -OCH3 is 2. The van der Waals surface area contributed by atoms with Gasteiger partial charge in [0, 0.05) is 33.5 Å². The van der Waals surface area contributed by atoms with Gasteiger partial charge in [-0.1, -0.05) is 0 Å². The van der Waals surface area contributed by atoms with Crippen molar-refractivity contribution in [1.29, 1.82) is 0 Å². The summed E-state index contributed by atoms with van der Waals surface area (Å²) in [7, 11) is 3.35. The first-order valence-electron chi connectivity index (χ1n) is 5.46. The molecule has 2 fully saturated rings. The molecule has 1 aliphatic carbocycles. The first-order chi connectivity index (χ1) is 7.63. The molecule has 1 saturated carbocycles. The molecule has 0 spiro atoms. The second kappa shape index (κ2) is 4.31. The average molecular weight is 230 g/mol. The quantitative estimate of drug-likeness (QED) is 0.653. The van der Waals surface area contributed by atoms with Gasteiger partial charge in [0.15, 0.2) is 0 Å². The molecule has 16 heavy (non-hydrogen) atoms. The van der Waals surface area contributed by atoms with E-state index in [1.807, 2.05) is 0 Å². The molecule has 5 heteroatoms. The van der Waals surface area contributed by atoms with Crippen LogP contribution in [0.1, 0.15) is 13.3 Å². The molecule has 0 N–H and O–H groups in total. The van der Waals surface area contributed by atoms with E-state index in [1.54, 1.807) is 14.2 Å². The minimum Gasteiger partial charge on any atom is -0.463 e. The van der Waals surface area contributed by atoms with Gasteiger partial charge in [0.25, 0.3) is 0 Å². The molecule has 2 aliphatic rings. The maximum atomic E-state index is 10.9. The molecular formula is C11H18O5. The normalized spacial score (nSPS) is 41.3. The second-order valence-electron chi connectivity index (χ2n) is 4.45. The van der Waals surface area contributed by atoms with Crippen LogP contribution in [0.15, 0.2) is 0 Å². The van der Waals surface area contributed by atoms with Gasteiger partial charge in [-0.15, -0.1) is 0 Å². The zero-order valence-corrected chi connectivity index (χ0v) is 9.89. The Morgan fingerprint density at radius 2 is 2.19 bits per heavy atom. The Kier molecular flexibility index (Phi) is 3.19. The average Bonchev–Trinajstić information content (AvgIpc) is 2.78. The van der Waals surface area contributed by atoms with E-state index in [1.165, 1.54) is 6.92 Å². The van der Waals surface area contributed by atoms with Gasteiger partial charge in [0.05, 0.1) is 18.8 Å². The molecule has 1 aliphatic heterocycles. The molecule has 0 aromatic heterocycles. The summed E-state index contributed by atoms with van der Waals surface area (Å²) in [5.41, 5.74) is -0.508. The third-order valence-electron chi connectivity index (χ3n) is 3.57. The van der Waals surface area contributed by atoms with Crippen molar-refractivity contribution < 1.29 is 23.7 Å². The predicted octanol–water partition coefficient (Wildman–Crippen LogP) is 0.368. The Morgan fingerprint density at radius 3 is 2.75 bits per heavy atom. The fourth-order valence-electron chi connectivity index (χ4n) is 2.85. The molecule has 5 nitrogen and oxygen atoms in total. The SMILES string of the molecule is CO[C@H]1C[C@]2(COC(C)=O)OC[C@H]1[C@@H]2OC. The van der Waals surface area contributed by atoms with Crippen LogP contribution in [-0.2, 0) is 23.7 Å². The number of hydrogen-bond donors (Lipinski definition) is 0. The van der Waals surface area contributed by atoms with Crippen molar-refractivity contribution in [2.24, 2.45) is 5.92 Å². The minimum atomic E-state index is -0.508. The van der Waals surface area contributed by atoms with Gasteiger partial charge >= 0.3 is 5.97 Å². The summed E-state index contributed by atoms with van der Waals surface area (Å²) < 4.78 is 21.7. The molecule has 2 rings (SSSR count).